The average Bonchev–Trinajstić information content (AvgIpc) is 2.70. The van der Waals surface area contributed by atoms with Gasteiger partial charge in [0.2, 0.25) is 5.91 Å². The highest BCUT2D eigenvalue weighted by Gasteiger charge is 2.51. The Labute approximate surface area is 133 Å². The van der Waals surface area contributed by atoms with E-state index in [-0.39, 0.29) is 12.1 Å². The summed E-state index contributed by atoms with van der Waals surface area (Å²) in [4.78, 5) is 11.8. The lowest BCUT2D eigenvalue weighted by Gasteiger charge is -2.29. The van der Waals surface area contributed by atoms with E-state index in [9.17, 15) is 18.0 Å². The second kappa shape index (κ2) is 6.39. The summed E-state index contributed by atoms with van der Waals surface area (Å²) in [5, 5.41) is 0.963. The molecule has 4 nitrogen and oxygen atoms in total. The quantitative estimate of drug-likeness (QED) is 0.899. The number of benzene rings is 1. The summed E-state index contributed by atoms with van der Waals surface area (Å²) < 4.78 is 45.9. The van der Waals surface area contributed by atoms with E-state index < -0.39 is 23.5 Å². The molecule has 1 fully saturated rings. The van der Waals surface area contributed by atoms with Crippen LogP contribution in [0.25, 0.3) is 0 Å². The maximum atomic E-state index is 13.5. The van der Waals surface area contributed by atoms with E-state index in [1.807, 2.05) is 6.92 Å². The molecular weight excluding hydrogens is 309 g/mol. The van der Waals surface area contributed by atoms with E-state index in [1.54, 1.807) is 13.8 Å². The van der Waals surface area contributed by atoms with E-state index in [0.717, 1.165) is 11.4 Å². The van der Waals surface area contributed by atoms with Crippen molar-refractivity contribution >= 4 is 5.91 Å². The first-order valence-electron chi connectivity index (χ1n) is 7.52. The summed E-state index contributed by atoms with van der Waals surface area (Å²) in [5.41, 5.74) is 1.56. The van der Waals surface area contributed by atoms with Gasteiger partial charge in [0, 0.05) is 6.54 Å². The van der Waals surface area contributed by atoms with Gasteiger partial charge in [0.05, 0.1) is 12.0 Å². The van der Waals surface area contributed by atoms with Crippen LogP contribution in [-0.2, 0) is 4.79 Å². The maximum Gasteiger partial charge on any atom is 0.409 e. The van der Waals surface area contributed by atoms with Crippen LogP contribution in [0.15, 0.2) is 24.3 Å². The zero-order chi connectivity index (χ0) is 17.3. The van der Waals surface area contributed by atoms with Gasteiger partial charge in [-0.1, -0.05) is 19.1 Å². The standard InChI is InChI=1S/C16H21F3N2O2/c1-4-9-23-12-7-5-11(6-8-12)13(16(17,18)19)21-10-15(2,3)14(22)20-21/h5-8,13H,4,9-10H2,1-3H3,(H,20,22)/t13-/m0/s1. The third-order valence-corrected chi connectivity index (χ3v) is 3.72. The lowest BCUT2D eigenvalue weighted by atomic mass is 9.93. The van der Waals surface area contributed by atoms with Crippen molar-refractivity contribution in [2.45, 2.75) is 39.4 Å². The molecule has 0 saturated carbocycles. The SMILES string of the molecule is CCCOc1ccc([C@H](N2CC(C)(C)C(=O)N2)C(F)(F)F)cc1. The fraction of sp³-hybridized carbons (Fsp3) is 0.562. The highest BCUT2D eigenvalue weighted by molar-refractivity contribution is 5.83. The molecule has 0 aromatic heterocycles. The number of rotatable bonds is 5. The number of hydrazine groups is 1. The Balaban J connectivity index is 2.25. The van der Waals surface area contributed by atoms with Gasteiger partial charge < -0.3 is 4.74 Å². The number of amides is 1. The molecule has 1 aliphatic heterocycles. The Morgan fingerprint density at radius 1 is 1.30 bits per heavy atom. The molecular formula is C16H21F3N2O2. The first kappa shape index (κ1) is 17.6. The minimum absolute atomic E-state index is 0.00983. The molecule has 1 aromatic rings. The van der Waals surface area contributed by atoms with Gasteiger partial charge in [0.1, 0.15) is 11.8 Å². The number of hydrogen-bond donors (Lipinski definition) is 1. The van der Waals surface area contributed by atoms with Crippen molar-refractivity contribution in [1.82, 2.24) is 10.4 Å². The number of carbonyl (C=O) groups excluding carboxylic acids is 1. The molecule has 1 aromatic carbocycles. The molecule has 1 aliphatic rings. The Hall–Kier alpha value is -1.76. The zero-order valence-corrected chi connectivity index (χ0v) is 13.4. The van der Waals surface area contributed by atoms with Crippen molar-refractivity contribution in [3.63, 3.8) is 0 Å². The van der Waals surface area contributed by atoms with Crippen LogP contribution in [0, 0.1) is 5.41 Å². The fourth-order valence-electron chi connectivity index (χ4n) is 2.49. The minimum Gasteiger partial charge on any atom is -0.494 e. The predicted molar refractivity (Wildman–Crippen MR) is 79.7 cm³/mol. The van der Waals surface area contributed by atoms with Crippen LogP contribution in [0.4, 0.5) is 13.2 Å². The number of alkyl halides is 3. The van der Waals surface area contributed by atoms with Crippen LogP contribution < -0.4 is 10.2 Å². The summed E-state index contributed by atoms with van der Waals surface area (Å²) in [6.45, 7) is 5.70. The van der Waals surface area contributed by atoms with Crippen LogP contribution in [0.5, 0.6) is 5.75 Å². The monoisotopic (exact) mass is 330 g/mol. The molecule has 0 unspecified atom stereocenters. The normalized spacial score (nSPS) is 19.5. The van der Waals surface area contributed by atoms with Crippen molar-refractivity contribution in [2.75, 3.05) is 13.2 Å². The van der Waals surface area contributed by atoms with Gasteiger partial charge in [0.25, 0.3) is 0 Å². The predicted octanol–water partition coefficient (Wildman–Crippen LogP) is 3.45. The Kier molecular flexibility index (Phi) is 4.89. The maximum absolute atomic E-state index is 13.5. The number of halogens is 3. The van der Waals surface area contributed by atoms with Gasteiger partial charge in [-0.2, -0.15) is 13.2 Å². The minimum atomic E-state index is -4.50. The molecule has 2 rings (SSSR count). The van der Waals surface area contributed by atoms with Gasteiger partial charge >= 0.3 is 6.18 Å². The number of ether oxygens (including phenoxy) is 1. The summed E-state index contributed by atoms with van der Waals surface area (Å²) in [6.07, 6.45) is -3.68. The molecule has 1 amide bonds. The van der Waals surface area contributed by atoms with Crippen LogP contribution in [0.3, 0.4) is 0 Å². The topological polar surface area (TPSA) is 41.6 Å². The summed E-state index contributed by atoms with van der Waals surface area (Å²) >= 11 is 0. The van der Waals surface area contributed by atoms with Gasteiger partial charge in [0.15, 0.2) is 0 Å². The molecule has 1 N–H and O–H groups in total. The smallest absolute Gasteiger partial charge is 0.409 e. The lowest BCUT2D eigenvalue weighted by molar-refractivity contribution is -0.191. The van der Waals surface area contributed by atoms with Crippen LogP contribution in [0.1, 0.15) is 38.8 Å². The second-order valence-corrected chi connectivity index (χ2v) is 6.31. The first-order valence-corrected chi connectivity index (χ1v) is 7.52. The third-order valence-electron chi connectivity index (χ3n) is 3.72. The number of hydrogen-bond acceptors (Lipinski definition) is 3. The van der Waals surface area contributed by atoms with E-state index >= 15 is 0 Å². The fourth-order valence-corrected chi connectivity index (χ4v) is 2.49. The molecule has 0 aliphatic carbocycles. The average molecular weight is 330 g/mol. The summed E-state index contributed by atoms with van der Waals surface area (Å²) in [7, 11) is 0. The first-order chi connectivity index (χ1) is 10.6. The van der Waals surface area contributed by atoms with Crippen LogP contribution >= 0.6 is 0 Å². The largest absolute Gasteiger partial charge is 0.494 e. The zero-order valence-electron chi connectivity index (χ0n) is 13.4. The molecule has 1 heterocycles. The van der Waals surface area contributed by atoms with Crippen molar-refractivity contribution in [3.8, 4) is 5.75 Å². The molecule has 0 spiro atoms. The van der Waals surface area contributed by atoms with Gasteiger partial charge in [-0.3, -0.25) is 10.2 Å². The number of carbonyl (C=O) groups is 1. The summed E-state index contributed by atoms with van der Waals surface area (Å²) in [6, 6.07) is 3.94. The van der Waals surface area contributed by atoms with Crippen molar-refractivity contribution in [3.05, 3.63) is 29.8 Å². The van der Waals surface area contributed by atoms with Crippen LogP contribution in [-0.4, -0.2) is 30.2 Å². The molecule has 7 heteroatoms. The van der Waals surface area contributed by atoms with E-state index in [2.05, 4.69) is 5.43 Å². The molecule has 1 saturated heterocycles. The Morgan fingerprint density at radius 3 is 2.35 bits per heavy atom. The van der Waals surface area contributed by atoms with Crippen LogP contribution in [0.2, 0.25) is 0 Å². The van der Waals surface area contributed by atoms with Gasteiger partial charge in [-0.05, 0) is 38.0 Å². The van der Waals surface area contributed by atoms with Crippen molar-refractivity contribution in [1.29, 1.82) is 0 Å². The molecule has 0 bridgehead atoms. The highest BCUT2D eigenvalue weighted by atomic mass is 19.4. The third kappa shape index (κ3) is 3.96. The molecule has 0 radical (unpaired) electrons. The molecule has 128 valence electrons. The summed E-state index contributed by atoms with van der Waals surface area (Å²) in [5.74, 6) is 0.122. The lowest BCUT2D eigenvalue weighted by Crippen LogP contribution is -2.43. The van der Waals surface area contributed by atoms with Gasteiger partial charge in [-0.15, -0.1) is 0 Å². The number of nitrogens with one attached hydrogen (secondary N) is 1. The van der Waals surface area contributed by atoms with E-state index in [4.69, 9.17) is 4.74 Å². The number of nitrogens with zero attached hydrogens (tertiary/aromatic N) is 1. The van der Waals surface area contributed by atoms with Crippen molar-refractivity contribution < 1.29 is 22.7 Å². The Bertz CT molecular complexity index is 555. The Morgan fingerprint density at radius 2 is 1.91 bits per heavy atom. The molecule has 23 heavy (non-hydrogen) atoms. The van der Waals surface area contributed by atoms with E-state index in [0.29, 0.717) is 12.4 Å². The molecule has 1 atom stereocenters. The highest BCUT2D eigenvalue weighted by Crippen LogP contribution is 2.40. The second-order valence-electron chi connectivity index (χ2n) is 6.31. The van der Waals surface area contributed by atoms with E-state index in [1.165, 1.54) is 24.3 Å². The van der Waals surface area contributed by atoms with Crippen molar-refractivity contribution in [2.24, 2.45) is 5.41 Å². The van der Waals surface area contributed by atoms with Gasteiger partial charge in [-0.25, -0.2) is 5.01 Å².